The Balaban J connectivity index is 2.94. The average Bonchev–Trinajstić information content (AvgIpc) is 2.20. The summed E-state index contributed by atoms with van der Waals surface area (Å²) in [6.07, 6.45) is 0.243. The van der Waals surface area contributed by atoms with Crippen LogP contribution in [-0.4, -0.2) is 24.8 Å². The van der Waals surface area contributed by atoms with Crippen molar-refractivity contribution in [2.75, 3.05) is 13.7 Å². The van der Waals surface area contributed by atoms with Crippen LogP contribution in [0, 0.1) is 5.82 Å². The molecule has 0 saturated heterocycles. The summed E-state index contributed by atoms with van der Waals surface area (Å²) in [5.74, 6) is -1.07. The summed E-state index contributed by atoms with van der Waals surface area (Å²) < 4.78 is 17.7. The fraction of sp³-hybridized carbons (Fsp3) is 0.300. The van der Waals surface area contributed by atoms with Gasteiger partial charge in [-0.25, -0.2) is 9.18 Å². The molecule has 0 atom stereocenters. The van der Waals surface area contributed by atoms with E-state index in [0.717, 1.165) is 6.07 Å². The Morgan fingerprint density at radius 3 is 2.79 bits per heavy atom. The SMILES string of the molecule is COC(=O)c1ccc(CCO)c(F)c1. The largest absolute Gasteiger partial charge is 0.465 e. The van der Waals surface area contributed by atoms with Crippen LogP contribution in [0.4, 0.5) is 4.39 Å². The number of aliphatic hydroxyl groups is 1. The molecule has 0 bridgehead atoms. The molecule has 0 aromatic heterocycles. The second-order valence-corrected chi connectivity index (χ2v) is 2.77. The lowest BCUT2D eigenvalue weighted by molar-refractivity contribution is 0.0600. The molecule has 1 aromatic carbocycles. The first kappa shape index (κ1) is 10.7. The van der Waals surface area contributed by atoms with E-state index in [1.807, 2.05) is 0 Å². The molecule has 0 saturated carbocycles. The van der Waals surface area contributed by atoms with Gasteiger partial charge in [0.2, 0.25) is 0 Å². The first-order chi connectivity index (χ1) is 6.69. The maximum Gasteiger partial charge on any atom is 0.337 e. The fourth-order valence-corrected chi connectivity index (χ4v) is 1.12. The van der Waals surface area contributed by atoms with Crippen LogP contribution in [0.15, 0.2) is 18.2 Å². The number of ether oxygens (including phenoxy) is 1. The molecule has 0 heterocycles. The average molecular weight is 198 g/mol. The number of benzene rings is 1. The molecule has 4 heteroatoms. The number of aliphatic hydroxyl groups excluding tert-OH is 1. The quantitative estimate of drug-likeness (QED) is 0.741. The lowest BCUT2D eigenvalue weighted by atomic mass is 10.1. The molecule has 3 nitrogen and oxygen atoms in total. The highest BCUT2D eigenvalue weighted by atomic mass is 19.1. The van der Waals surface area contributed by atoms with Gasteiger partial charge in [0, 0.05) is 6.61 Å². The van der Waals surface area contributed by atoms with E-state index in [-0.39, 0.29) is 18.6 Å². The molecule has 0 fully saturated rings. The minimum absolute atomic E-state index is 0.117. The van der Waals surface area contributed by atoms with Crippen molar-refractivity contribution in [3.8, 4) is 0 Å². The molecule has 76 valence electrons. The summed E-state index contributed by atoms with van der Waals surface area (Å²) >= 11 is 0. The van der Waals surface area contributed by atoms with E-state index in [2.05, 4.69) is 4.74 Å². The van der Waals surface area contributed by atoms with Crippen LogP contribution in [-0.2, 0) is 11.2 Å². The standard InChI is InChI=1S/C10H11FO3/c1-14-10(13)8-3-2-7(4-5-12)9(11)6-8/h2-3,6,12H,4-5H2,1H3. The molecule has 0 radical (unpaired) electrons. The first-order valence-electron chi connectivity index (χ1n) is 4.16. The van der Waals surface area contributed by atoms with Crippen LogP contribution in [0.25, 0.3) is 0 Å². The summed E-state index contributed by atoms with van der Waals surface area (Å²) in [4.78, 5) is 11.0. The molecule has 1 N–H and O–H groups in total. The molecular formula is C10H11FO3. The van der Waals surface area contributed by atoms with Crippen molar-refractivity contribution in [1.82, 2.24) is 0 Å². The highest BCUT2D eigenvalue weighted by Gasteiger charge is 2.08. The van der Waals surface area contributed by atoms with Crippen LogP contribution < -0.4 is 0 Å². The number of rotatable bonds is 3. The minimum atomic E-state index is -0.570. The summed E-state index contributed by atoms with van der Waals surface area (Å²) in [6.45, 7) is -0.117. The van der Waals surface area contributed by atoms with Gasteiger partial charge in [-0.1, -0.05) is 6.07 Å². The third-order valence-corrected chi connectivity index (χ3v) is 1.86. The predicted octanol–water partition coefficient (Wildman–Crippen LogP) is 1.15. The Labute approximate surface area is 81.1 Å². The Bertz CT molecular complexity index is 336. The second kappa shape index (κ2) is 4.72. The molecular weight excluding hydrogens is 187 g/mol. The number of halogens is 1. The van der Waals surface area contributed by atoms with Crippen molar-refractivity contribution >= 4 is 5.97 Å². The van der Waals surface area contributed by atoms with Gasteiger partial charge in [-0.15, -0.1) is 0 Å². The van der Waals surface area contributed by atoms with Crippen LogP contribution >= 0.6 is 0 Å². The van der Waals surface area contributed by atoms with Crippen molar-refractivity contribution in [1.29, 1.82) is 0 Å². The van der Waals surface area contributed by atoms with E-state index in [1.54, 1.807) is 0 Å². The van der Waals surface area contributed by atoms with Gasteiger partial charge in [0.25, 0.3) is 0 Å². The maximum atomic E-state index is 13.2. The van der Waals surface area contributed by atoms with Crippen molar-refractivity contribution < 1.29 is 19.0 Å². The Hall–Kier alpha value is -1.42. The van der Waals surface area contributed by atoms with E-state index in [4.69, 9.17) is 5.11 Å². The zero-order valence-corrected chi connectivity index (χ0v) is 7.79. The summed E-state index contributed by atoms with van der Waals surface area (Å²) in [6, 6.07) is 4.05. The smallest absolute Gasteiger partial charge is 0.337 e. The van der Waals surface area contributed by atoms with E-state index >= 15 is 0 Å². The van der Waals surface area contributed by atoms with Crippen LogP contribution in [0.3, 0.4) is 0 Å². The number of methoxy groups -OCH3 is 1. The zero-order valence-electron chi connectivity index (χ0n) is 7.79. The van der Waals surface area contributed by atoms with Crippen LogP contribution in [0.2, 0.25) is 0 Å². The highest BCUT2D eigenvalue weighted by molar-refractivity contribution is 5.89. The van der Waals surface area contributed by atoms with Gasteiger partial charge in [0.1, 0.15) is 5.82 Å². The lowest BCUT2D eigenvalue weighted by Crippen LogP contribution is -2.03. The highest BCUT2D eigenvalue weighted by Crippen LogP contribution is 2.11. The molecule has 0 unspecified atom stereocenters. The van der Waals surface area contributed by atoms with E-state index in [0.29, 0.717) is 5.56 Å². The van der Waals surface area contributed by atoms with Crippen molar-refractivity contribution in [3.63, 3.8) is 0 Å². The first-order valence-corrected chi connectivity index (χ1v) is 4.16. The molecule has 14 heavy (non-hydrogen) atoms. The minimum Gasteiger partial charge on any atom is -0.465 e. The Kier molecular flexibility index (Phi) is 3.59. The van der Waals surface area contributed by atoms with E-state index in [9.17, 15) is 9.18 Å². The summed E-state index contributed by atoms with van der Waals surface area (Å²) in [7, 11) is 1.24. The van der Waals surface area contributed by atoms with E-state index < -0.39 is 11.8 Å². The third-order valence-electron chi connectivity index (χ3n) is 1.86. The van der Waals surface area contributed by atoms with Crippen LogP contribution in [0.5, 0.6) is 0 Å². The fourth-order valence-electron chi connectivity index (χ4n) is 1.12. The monoisotopic (exact) mass is 198 g/mol. The number of esters is 1. The topological polar surface area (TPSA) is 46.5 Å². The predicted molar refractivity (Wildman–Crippen MR) is 48.5 cm³/mol. The van der Waals surface area contributed by atoms with Crippen molar-refractivity contribution in [2.24, 2.45) is 0 Å². The molecule has 1 rings (SSSR count). The van der Waals surface area contributed by atoms with Crippen LogP contribution in [0.1, 0.15) is 15.9 Å². The van der Waals surface area contributed by atoms with Gasteiger partial charge >= 0.3 is 5.97 Å². The van der Waals surface area contributed by atoms with Crippen molar-refractivity contribution in [2.45, 2.75) is 6.42 Å². The normalized spacial score (nSPS) is 9.93. The lowest BCUT2D eigenvalue weighted by Gasteiger charge is -2.03. The maximum absolute atomic E-state index is 13.2. The van der Waals surface area contributed by atoms with Gasteiger partial charge in [-0.3, -0.25) is 0 Å². The van der Waals surface area contributed by atoms with Gasteiger partial charge in [-0.2, -0.15) is 0 Å². The molecule has 1 aromatic rings. The summed E-state index contributed by atoms with van der Waals surface area (Å²) in [5.41, 5.74) is 0.562. The van der Waals surface area contributed by atoms with Gasteiger partial charge < -0.3 is 9.84 Å². The number of carbonyl (C=O) groups excluding carboxylic acids is 1. The second-order valence-electron chi connectivity index (χ2n) is 2.77. The molecule has 0 aliphatic rings. The Morgan fingerprint density at radius 1 is 1.57 bits per heavy atom. The molecule has 0 aliphatic carbocycles. The zero-order chi connectivity index (χ0) is 10.6. The summed E-state index contributed by atoms with van der Waals surface area (Å²) in [5, 5.41) is 8.61. The Morgan fingerprint density at radius 2 is 2.29 bits per heavy atom. The molecule has 0 spiro atoms. The van der Waals surface area contributed by atoms with Gasteiger partial charge in [0.15, 0.2) is 0 Å². The van der Waals surface area contributed by atoms with Crippen molar-refractivity contribution in [3.05, 3.63) is 35.1 Å². The van der Waals surface area contributed by atoms with E-state index in [1.165, 1.54) is 19.2 Å². The third kappa shape index (κ3) is 2.29. The molecule has 0 aliphatic heterocycles. The molecule has 0 amide bonds. The number of carbonyl (C=O) groups is 1. The number of hydrogen-bond acceptors (Lipinski definition) is 3. The van der Waals surface area contributed by atoms with Gasteiger partial charge in [-0.05, 0) is 24.1 Å². The number of hydrogen-bond donors (Lipinski definition) is 1. The van der Waals surface area contributed by atoms with Gasteiger partial charge in [0.05, 0.1) is 12.7 Å².